The second-order valence-electron chi connectivity index (χ2n) is 4.51. The summed E-state index contributed by atoms with van der Waals surface area (Å²) in [6.45, 7) is 4.09. The van der Waals surface area contributed by atoms with E-state index in [-0.39, 0.29) is 0 Å². The number of rotatable bonds is 7. The summed E-state index contributed by atoms with van der Waals surface area (Å²) in [5, 5.41) is 4.13. The Morgan fingerprint density at radius 2 is 1.76 bits per heavy atom. The van der Waals surface area contributed by atoms with Gasteiger partial charge in [0.25, 0.3) is 0 Å². The maximum absolute atomic E-state index is 6.06. The molecule has 4 heteroatoms. The SMILES string of the molecule is CN(C)CCN(C)CCNc1ccccc1Cl. The number of benzene rings is 1. The number of halogens is 1. The minimum Gasteiger partial charge on any atom is -0.383 e. The Labute approximate surface area is 109 Å². The third-order valence-electron chi connectivity index (χ3n) is 2.61. The van der Waals surface area contributed by atoms with Crippen LogP contribution in [0.4, 0.5) is 5.69 Å². The van der Waals surface area contributed by atoms with Crippen molar-refractivity contribution in [3.63, 3.8) is 0 Å². The number of nitrogens with zero attached hydrogens (tertiary/aromatic N) is 2. The summed E-state index contributed by atoms with van der Waals surface area (Å²) in [5.41, 5.74) is 1.01. The molecular formula is C13H22ClN3. The normalized spacial score (nSPS) is 11.2. The average Bonchev–Trinajstić information content (AvgIpc) is 2.29. The third kappa shape index (κ3) is 5.91. The highest BCUT2D eigenvalue weighted by atomic mass is 35.5. The van der Waals surface area contributed by atoms with E-state index in [1.165, 1.54) is 0 Å². The molecule has 0 aliphatic heterocycles. The Kier molecular flexibility index (Phi) is 6.34. The maximum Gasteiger partial charge on any atom is 0.0637 e. The molecule has 0 saturated heterocycles. The largest absolute Gasteiger partial charge is 0.383 e. The van der Waals surface area contributed by atoms with Gasteiger partial charge in [0, 0.05) is 26.2 Å². The van der Waals surface area contributed by atoms with E-state index in [9.17, 15) is 0 Å². The minimum absolute atomic E-state index is 0.781. The Hall–Kier alpha value is -0.770. The van der Waals surface area contributed by atoms with Crippen LogP contribution in [0, 0.1) is 0 Å². The smallest absolute Gasteiger partial charge is 0.0637 e. The van der Waals surface area contributed by atoms with Gasteiger partial charge in [-0.1, -0.05) is 23.7 Å². The summed E-state index contributed by atoms with van der Waals surface area (Å²) in [6, 6.07) is 7.84. The highest BCUT2D eigenvalue weighted by Gasteiger charge is 2.00. The van der Waals surface area contributed by atoms with E-state index in [0.29, 0.717) is 0 Å². The lowest BCUT2D eigenvalue weighted by Crippen LogP contribution is -2.32. The van der Waals surface area contributed by atoms with Crippen LogP contribution >= 0.6 is 11.6 Å². The number of hydrogen-bond acceptors (Lipinski definition) is 3. The molecule has 1 aromatic carbocycles. The zero-order valence-corrected chi connectivity index (χ0v) is 11.7. The van der Waals surface area contributed by atoms with Crippen LogP contribution in [0.15, 0.2) is 24.3 Å². The van der Waals surface area contributed by atoms with Gasteiger partial charge in [-0.25, -0.2) is 0 Å². The lowest BCUT2D eigenvalue weighted by atomic mass is 10.3. The van der Waals surface area contributed by atoms with Gasteiger partial charge in [-0.3, -0.25) is 0 Å². The summed E-state index contributed by atoms with van der Waals surface area (Å²) in [5.74, 6) is 0. The van der Waals surface area contributed by atoms with E-state index in [1.54, 1.807) is 0 Å². The van der Waals surface area contributed by atoms with Crippen molar-refractivity contribution in [2.45, 2.75) is 0 Å². The molecular weight excluding hydrogens is 234 g/mol. The van der Waals surface area contributed by atoms with Gasteiger partial charge in [0.15, 0.2) is 0 Å². The number of nitrogens with one attached hydrogen (secondary N) is 1. The van der Waals surface area contributed by atoms with Gasteiger partial charge in [-0.2, -0.15) is 0 Å². The molecule has 17 heavy (non-hydrogen) atoms. The highest BCUT2D eigenvalue weighted by molar-refractivity contribution is 6.33. The minimum atomic E-state index is 0.781. The summed E-state index contributed by atoms with van der Waals surface area (Å²) in [4.78, 5) is 4.50. The molecule has 0 heterocycles. The zero-order chi connectivity index (χ0) is 12.7. The number of likely N-dealkylation sites (N-methyl/N-ethyl adjacent to an activating group) is 2. The van der Waals surface area contributed by atoms with E-state index in [4.69, 9.17) is 11.6 Å². The maximum atomic E-state index is 6.06. The molecule has 0 spiro atoms. The van der Waals surface area contributed by atoms with Crippen LogP contribution in [0.5, 0.6) is 0 Å². The molecule has 0 radical (unpaired) electrons. The molecule has 1 aromatic rings. The van der Waals surface area contributed by atoms with Crippen LogP contribution in [-0.2, 0) is 0 Å². The van der Waals surface area contributed by atoms with E-state index in [0.717, 1.165) is 36.9 Å². The van der Waals surface area contributed by atoms with Crippen LogP contribution in [0.2, 0.25) is 5.02 Å². The first-order valence-corrected chi connectivity index (χ1v) is 6.29. The van der Waals surface area contributed by atoms with Crippen LogP contribution in [0.25, 0.3) is 0 Å². The van der Waals surface area contributed by atoms with E-state index in [1.807, 2.05) is 24.3 Å². The first-order valence-electron chi connectivity index (χ1n) is 5.91. The fourth-order valence-corrected chi connectivity index (χ4v) is 1.67. The lowest BCUT2D eigenvalue weighted by molar-refractivity contribution is 0.289. The Balaban J connectivity index is 2.21. The average molecular weight is 256 g/mol. The monoisotopic (exact) mass is 255 g/mol. The van der Waals surface area contributed by atoms with Crippen molar-refractivity contribution in [3.8, 4) is 0 Å². The molecule has 1 N–H and O–H groups in total. The molecule has 1 rings (SSSR count). The molecule has 0 fully saturated rings. The second-order valence-corrected chi connectivity index (χ2v) is 4.92. The van der Waals surface area contributed by atoms with Gasteiger partial charge in [0.05, 0.1) is 10.7 Å². The van der Waals surface area contributed by atoms with E-state index < -0.39 is 0 Å². The first kappa shape index (κ1) is 14.3. The molecule has 0 aliphatic carbocycles. The molecule has 0 amide bonds. The van der Waals surface area contributed by atoms with Crippen LogP contribution in [0.1, 0.15) is 0 Å². The lowest BCUT2D eigenvalue weighted by Gasteiger charge is -2.19. The van der Waals surface area contributed by atoms with Crippen molar-refractivity contribution in [2.75, 3.05) is 52.6 Å². The fraction of sp³-hybridized carbons (Fsp3) is 0.538. The van der Waals surface area contributed by atoms with Crippen LogP contribution in [0.3, 0.4) is 0 Å². The van der Waals surface area contributed by atoms with Gasteiger partial charge < -0.3 is 15.1 Å². The number of anilines is 1. The van der Waals surface area contributed by atoms with Gasteiger partial charge in [-0.15, -0.1) is 0 Å². The number of para-hydroxylation sites is 1. The molecule has 0 aliphatic rings. The summed E-state index contributed by atoms with van der Waals surface area (Å²) in [6.07, 6.45) is 0. The standard InChI is InChI=1S/C13H22ClN3/c1-16(2)10-11-17(3)9-8-15-13-7-5-4-6-12(13)14/h4-7,15H,8-11H2,1-3H3. The zero-order valence-electron chi connectivity index (χ0n) is 10.9. The quantitative estimate of drug-likeness (QED) is 0.806. The van der Waals surface area contributed by atoms with Gasteiger partial charge in [-0.05, 0) is 33.3 Å². The van der Waals surface area contributed by atoms with Crippen molar-refractivity contribution in [1.82, 2.24) is 9.80 Å². The van der Waals surface area contributed by atoms with Crippen molar-refractivity contribution in [3.05, 3.63) is 29.3 Å². The summed E-state index contributed by atoms with van der Waals surface area (Å²) in [7, 11) is 6.32. The topological polar surface area (TPSA) is 18.5 Å². The highest BCUT2D eigenvalue weighted by Crippen LogP contribution is 2.19. The van der Waals surface area contributed by atoms with Gasteiger partial charge >= 0.3 is 0 Å². The van der Waals surface area contributed by atoms with Crippen molar-refractivity contribution in [1.29, 1.82) is 0 Å². The third-order valence-corrected chi connectivity index (χ3v) is 2.94. The second kappa shape index (κ2) is 7.54. The summed E-state index contributed by atoms with van der Waals surface area (Å²) >= 11 is 6.06. The van der Waals surface area contributed by atoms with Crippen LogP contribution < -0.4 is 5.32 Å². The predicted molar refractivity (Wildman–Crippen MR) is 76.0 cm³/mol. The molecule has 0 bridgehead atoms. The molecule has 0 atom stereocenters. The Bertz CT molecular complexity index is 328. The fourth-order valence-electron chi connectivity index (χ4n) is 1.47. The van der Waals surface area contributed by atoms with Crippen molar-refractivity contribution in [2.24, 2.45) is 0 Å². The Morgan fingerprint density at radius 3 is 2.41 bits per heavy atom. The molecule has 96 valence electrons. The Morgan fingerprint density at radius 1 is 1.06 bits per heavy atom. The van der Waals surface area contributed by atoms with Gasteiger partial charge in [0.1, 0.15) is 0 Å². The van der Waals surface area contributed by atoms with Crippen molar-refractivity contribution < 1.29 is 0 Å². The summed E-state index contributed by atoms with van der Waals surface area (Å²) < 4.78 is 0. The van der Waals surface area contributed by atoms with Gasteiger partial charge in [0.2, 0.25) is 0 Å². The molecule has 3 nitrogen and oxygen atoms in total. The molecule has 0 saturated carbocycles. The van der Waals surface area contributed by atoms with E-state index in [2.05, 4.69) is 36.3 Å². The molecule has 0 unspecified atom stereocenters. The first-order chi connectivity index (χ1) is 8.09. The number of hydrogen-bond donors (Lipinski definition) is 1. The van der Waals surface area contributed by atoms with Crippen LogP contribution in [-0.4, -0.2) is 57.1 Å². The van der Waals surface area contributed by atoms with Crippen molar-refractivity contribution >= 4 is 17.3 Å². The predicted octanol–water partition coefficient (Wildman–Crippen LogP) is 2.25. The van der Waals surface area contributed by atoms with E-state index >= 15 is 0 Å². The molecule has 0 aromatic heterocycles.